The lowest BCUT2D eigenvalue weighted by Crippen LogP contribution is -2.24. The van der Waals surface area contributed by atoms with Gasteiger partial charge in [0.05, 0.1) is 16.5 Å². The van der Waals surface area contributed by atoms with Crippen LogP contribution < -0.4 is 10.9 Å². The minimum absolute atomic E-state index is 0.0557. The second-order valence-electron chi connectivity index (χ2n) is 3.81. The van der Waals surface area contributed by atoms with Crippen LogP contribution in [0.15, 0.2) is 29.3 Å². The molecule has 0 aliphatic carbocycles. The monoisotopic (exact) mass is 278 g/mol. The average molecular weight is 278 g/mol. The summed E-state index contributed by atoms with van der Waals surface area (Å²) in [6.07, 6.45) is 0.854. The van der Waals surface area contributed by atoms with Gasteiger partial charge in [0.15, 0.2) is 0 Å². The van der Waals surface area contributed by atoms with E-state index < -0.39 is 11.9 Å². The molecule has 19 heavy (non-hydrogen) atoms. The van der Waals surface area contributed by atoms with Gasteiger partial charge in [-0.05, 0) is 18.6 Å². The number of hydrogen-bond acceptors (Lipinski definition) is 4. The summed E-state index contributed by atoms with van der Waals surface area (Å²) in [6.45, 7) is 1.99. The van der Waals surface area contributed by atoms with E-state index in [1.807, 2.05) is 6.92 Å². The van der Waals surface area contributed by atoms with Crippen molar-refractivity contribution in [3.63, 3.8) is 0 Å². The number of carbonyl (C=O) groups is 2. The highest BCUT2D eigenvalue weighted by atomic mass is 32.2. The predicted octanol–water partition coefficient (Wildman–Crippen LogP) is 1.47. The van der Waals surface area contributed by atoms with E-state index in [0.29, 0.717) is 5.17 Å². The van der Waals surface area contributed by atoms with Gasteiger partial charge in [-0.15, -0.1) is 0 Å². The number of aliphatic imine (C=N–C) groups is 1. The van der Waals surface area contributed by atoms with Crippen molar-refractivity contribution in [2.75, 3.05) is 0 Å². The van der Waals surface area contributed by atoms with E-state index in [4.69, 9.17) is 5.11 Å². The van der Waals surface area contributed by atoms with Crippen molar-refractivity contribution in [3.8, 4) is 0 Å². The van der Waals surface area contributed by atoms with Crippen LogP contribution in [0.25, 0.3) is 0 Å². The second-order valence-corrected chi connectivity index (χ2v) is 4.98. The molecule has 1 amide bonds. The number of nitrogens with one attached hydrogen (secondary N) is 1. The molecule has 1 aromatic carbocycles. The third-order valence-electron chi connectivity index (χ3n) is 2.51. The van der Waals surface area contributed by atoms with Crippen LogP contribution in [0.5, 0.6) is 0 Å². The van der Waals surface area contributed by atoms with Gasteiger partial charge >= 0.3 is 5.97 Å². The maximum atomic E-state index is 12.0. The van der Waals surface area contributed by atoms with E-state index in [1.165, 1.54) is 23.9 Å². The molecule has 7 heteroatoms. The Morgan fingerprint density at radius 3 is 2.68 bits per heavy atom. The topological polar surface area (TPSA) is 92.9 Å². The number of amides is 1. The molecule has 1 fully saturated rings. The quantitative estimate of drug-likeness (QED) is 0.873. The Morgan fingerprint density at radius 1 is 1.42 bits per heavy atom. The molecule has 1 unspecified atom stereocenters. The van der Waals surface area contributed by atoms with Gasteiger partial charge in [0.1, 0.15) is 0 Å². The van der Waals surface area contributed by atoms with Gasteiger partial charge in [-0.25, -0.2) is 4.79 Å². The molecule has 6 nitrogen and oxygen atoms in total. The number of amidine groups is 1. The van der Waals surface area contributed by atoms with Crippen LogP contribution in [-0.2, 0) is 0 Å². The van der Waals surface area contributed by atoms with E-state index >= 15 is 0 Å². The van der Waals surface area contributed by atoms with Crippen molar-refractivity contribution < 1.29 is 14.7 Å². The minimum atomic E-state index is -1.15. The number of carboxylic acids is 1. The molecule has 99 valence electrons. The van der Waals surface area contributed by atoms with Crippen LogP contribution in [0, 0.1) is 0 Å². The van der Waals surface area contributed by atoms with E-state index in [0.717, 1.165) is 6.42 Å². The molecule has 1 saturated heterocycles. The summed E-state index contributed by atoms with van der Waals surface area (Å²) in [5.41, 5.74) is 6.77. The maximum absolute atomic E-state index is 12.0. The SMILES string of the molecule is CCC1N[N]C(=NC(=O)c2ccccc2C(=O)O)S1. The Morgan fingerprint density at radius 2 is 2.11 bits per heavy atom. The lowest BCUT2D eigenvalue weighted by molar-refractivity contribution is 0.0692. The van der Waals surface area contributed by atoms with Crippen molar-refractivity contribution in [2.45, 2.75) is 18.7 Å². The van der Waals surface area contributed by atoms with Crippen LogP contribution in [0.3, 0.4) is 0 Å². The molecule has 2 N–H and O–H groups in total. The third-order valence-corrected chi connectivity index (χ3v) is 3.62. The number of carboxylic acid groups (broad SMARTS) is 1. The number of nitrogens with zero attached hydrogens (tertiary/aromatic N) is 2. The van der Waals surface area contributed by atoms with Gasteiger partial charge in [0, 0.05) is 0 Å². The van der Waals surface area contributed by atoms with E-state index in [1.54, 1.807) is 12.1 Å². The second kappa shape index (κ2) is 5.85. The summed E-state index contributed by atoms with van der Waals surface area (Å²) in [7, 11) is 0. The smallest absolute Gasteiger partial charge is 0.336 e. The van der Waals surface area contributed by atoms with Crippen molar-refractivity contribution in [2.24, 2.45) is 4.99 Å². The van der Waals surface area contributed by atoms with Gasteiger partial charge in [0.2, 0.25) is 5.17 Å². The fourth-order valence-electron chi connectivity index (χ4n) is 1.54. The molecular formula is C12H12N3O3S. The van der Waals surface area contributed by atoms with Crippen LogP contribution in [0.1, 0.15) is 34.1 Å². The molecule has 1 atom stereocenters. The Kier molecular flexibility index (Phi) is 4.18. The van der Waals surface area contributed by atoms with Crippen LogP contribution in [0.4, 0.5) is 0 Å². The highest BCUT2D eigenvalue weighted by Gasteiger charge is 2.23. The molecule has 2 rings (SSSR count). The van der Waals surface area contributed by atoms with Crippen LogP contribution >= 0.6 is 11.8 Å². The van der Waals surface area contributed by atoms with Gasteiger partial charge in [-0.1, -0.05) is 30.8 Å². The predicted molar refractivity (Wildman–Crippen MR) is 72.1 cm³/mol. The highest BCUT2D eigenvalue weighted by molar-refractivity contribution is 8.14. The van der Waals surface area contributed by atoms with Crippen molar-refractivity contribution in [1.29, 1.82) is 0 Å². The fraction of sp³-hybridized carbons (Fsp3) is 0.250. The number of rotatable bonds is 3. The molecule has 0 saturated carbocycles. The zero-order valence-electron chi connectivity index (χ0n) is 10.2. The van der Waals surface area contributed by atoms with Gasteiger partial charge < -0.3 is 5.11 Å². The highest BCUT2D eigenvalue weighted by Crippen LogP contribution is 2.19. The molecule has 1 radical (unpaired) electrons. The molecule has 1 aromatic rings. The molecule has 1 heterocycles. The van der Waals surface area contributed by atoms with E-state index in [-0.39, 0.29) is 16.5 Å². The number of benzene rings is 1. The maximum Gasteiger partial charge on any atom is 0.336 e. The first-order valence-electron chi connectivity index (χ1n) is 5.70. The zero-order valence-corrected chi connectivity index (χ0v) is 11.0. The van der Waals surface area contributed by atoms with E-state index in [9.17, 15) is 9.59 Å². The molecular weight excluding hydrogens is 266 g/mol. The standard InChI is InChI=1S/C12H12N3O3S/c1-2-9-14-15-12(19-9)13-10(16)7-5-3-4-6-8(7)11(17)18/h3-6,9,14H,2H2,1H3,(H,17,18). The summed E-state index contributed by atoms with van der Waals surface area (Å²) in [4.78, 5) is 26.8. The number of thioether (sulfide) groups is 1. The van der Waals surface area contributed by atoms with E-state index in [2.05, 4.69) is 15.8 Å². The minimum Gasteiger partial charge on any atom is -0.478 e. The van der Waals surface area contributed by atoms with Gasteiger partial charge in [0.25, 0.3) is 5.91 Å². The third kappa shape index (κ3) is 3.12. The first kappa shape index (κ1) is 13.6. The number of hydrogen-bond donors (Lipinski definition) is 2. The van der Waals surface area contributed by atoms with Crippen LogP contribution in [0.2, 0.25) is 0 Å². The molecule has 1 aliphatic heterocycles. The summed E-state index contributed by atoms with van der Waals surface area (Å²) in [5, 5.41) is 9.46. The Labute approximate surface area is 114 Å². The summed E-state index contributed by atoms with van der Waals surface area (Å²) in [5.74, 6) is -1.74. The Balaban J connectivity index is 2.21. The Bertz CT molecular complexity index is 545. The first-order valence-corrected chi connectivity index (χ1v) is 6.58. The lowest BCUT2D eigenvalue weighted by Gasteiger charge is -2.01. The average Bonchev–Trinajstić information content (AvgIpc) is 2.86. The number of aromatic carboxylic acids is 1. The summed E-state index contributed by atoms with van der Waals surface area (Å²) in [6, 6.07) is 5.99. The largest absolute Gasteiger partial charge is 0.478 e. The van der Waals surface area contributed by atoms with Crippen molar-refractivity contribution in [3.05, 3.63) is 35.4 Å². The molecule has 0 bridgehead atoms. The first-order chi connectivity index (χ1) is 9.11. The molecule has 0 spiro atoms. The fourth-order valence-corrected chi connectivity index (χ4v) is 2.30. The van der Waals surface area contributed by atoms with Crippen LogP contribution in [-0.4, -0.2) is 27.5 Å². The van der Waals surface area contributed by atoms with Gasteiger partial charge in [-0.3, -0.25) is 4.79 Å². The molecule has 0 aromatic heterocycles. The normalized spacial score (nSPS) is 20.3. The van der Waals surface area contributed by atoms with Crippen molar-refractivity contribution >= 4 is 28.8 Å². The zero-order chi connectivity index (χ0) is 13.8. The number of carbonyl (C=O) groups excluding carboxylic acids is 1. The summed E-state index contributed by atoms with van der Waals surface area (Å²) >= 11 is 1.35. The van der Waals surface area contributed by atoms with Gasteiger partial charge in [-0.2, -0.15) is 15.8 Å². The van der Waals surface area contributed by atoms with Crippen molar-refractivity contribution in [1.82, 2.24) is 10.9 Å². The molecule has 1 aliphatic rings. The lowest BCUT2D eigenvalue weighted by atomic mass is 10.1. The summed E-state index contributed by atoms with van der Waals surface area (Å²) < 4.78 is 0. The Hall–Kier alpha value is -1.86.